The second-order valence-corrected chi connectivity index (χ2v) is 7.16. The topological polar surface area (TPSA) is 43.8 Å². The third-order valence-corrected chi connectivity index (χ3v) is 5.38. The number of anilines is 1. The molecule has 2 aliphatic rings. The second-order valence-electron chi connectivity index (χ2n) is 6.31. The molecule has 1 aromatic carbocycles. The minimum atomic E-state index is -0.702. The number of halogens is 1. The number of hydrogen-bond acceptors (Lipinski definition) is 3. The molecule has 5 heteroatoms. The largest absolute Gasteiger partial charge is 0.481 e. The van der Waals surface area contributed by atoms with Crippen molar-refractivity contribution in [3.63, 3.8) is 0 Å². The Bertz CT molecular complexity index is 549. The highest BCUT2D eigenvalue weighted by molar-refractivity contribution is 9.10. The molecule has 0 amide bonds. The highest BCUT2D eigenvalue weighted by atomic mass is 79.9. The number of aliphatic carboxylic acids is 1. The van der Waals surface area contributed by atoms with Crippen LogP contribution in [0.1, 0.15) is 24.8 Å². The van der Waals surface area contributed by atoms with Gasteiger partial charge in [0.05, 0.1) is 12.1 Å². The number of likely N-dealkylation sites (N-methyl/N-ethyl adjacent to an activating group) is 1. The van der Waals surface area contributed by atoms with Crippen LogP contribution in [0.15, 0.2) is 22.7 Å². The van der Waals surface area contributed by atoms with Crippen LogP contribution in [0.4, 0.5) is 5.69 Å². The maximum Gasteiger partial charge on any atom is 0.304 e. The van der Waals surface area contributed by atoms with E-state index in [0.717, 1.165) is 49.1 Å². The number of piperazine rings is 1. The summed E-state index contributed by atoms with van der Waals surface area (Å²) in [7, 11) is 2.15. The summed E-state index contributed by atoms with van der Waals surface area (Å²) in [5.41, 5.74) is 2.27. The van der Waals surface area contributed by atoms with Gasteiger partial charge < -0.3 is 14.9 Å². The monoisotopic (exact) mass is 352 g/mol. The van der Waals surface area contributed by atoms with Crippen molar-refractivity contribution in [1.82, 2.24) is 4.90 Å². The lowest BCUT2D eigenvalue weighted by Gasteiger charge is -2.34. The Balaban J connectivity index is 1.79. The summed E-state index contributed by atoms with van der Waals surface area (Å²) in [4.78, 5) is 15.8. The zero-order valence-corrected chi connectivity index (χ0v) is 13.9. The van der Waals surface area contributed by atoms with E-state index in [1.807, 2.05) is 0 Å². The van der Waals surface area contributed by atoms with Crippen LogP contribution in [0.2, 0.25) is 0 Å². The van der Waals surface area contributed by atoms with Crippen molar-refractivity contribution in [1.29, 1.82) is 0 Å². The summed E-state index contributed by atoms with van der Waals surface area (Å²) in [5, 5.41) is 9.08. The summed E-state index contributed by atoms with van der Waals surface area (Å²) in [6.45, 7) is 4.23. The molecule has 1 saturated carbocycles. The molecule has 114 valence electrons. The molecule has 2 fully saturated rings. The van der Waals surface area contributed by atoms with Gasteiger partial charge in [-0.3, -0.25) is 4.79 Å². The Hall–Kier alpha value is -1.07. The molecule has 0 bridgehead atoms. The Morgan fingerprint density at radius 2 is 1.95 bits per heavy atom. The van der Waals surface area contributed by atoms with E-state index in [9.17, 15) is 4.79 Å². The average molecular weight is 353 g/mol. The van der Waals surface area contributed by atoms with Gasteiger partial charge in [-0.15, -0.1) is 0 Å². The Labute approximate surface area is 133 Å². The van der Waals surface area contributed by atoms with Crippen molar-refractivity contribution in [2.75, 3.05) is 38.1 Å². The van der Waals surface area contributed by atoms with Gasteiger partial charge in [-0.2, -0.15) is 0 Å². The van der Waals surface area contributed by atoms with Crippen molar-refractivity contribution in [2.45, 2.75) is 24.7 Å². The minimum Gasteiger partial charge on any atom is -0.481 e. The highest BCUT2D eigenvalue weighted by Crippen LogP contribution is 2.52. The molecule has 1 saturated heterocycles. The summed E-state index contributed by atoms with van der Waals surface area (Å²) < 4.78 is 1.08. The Kier molecular flexibility index (Phi) is 3.97. The van der Waals surface area contributed by atoms with Crippen molar-refractivity contribution in [2.24, 2.45) is 0 Å². The fourth-order valence-electron chi connectivity index (χ4n) is 3.15. The van der Waals surface area contributed by atoms with Crippen molar-refractivity contribution in [3.05, 3.63) is 28.2 Å². The molecule has 0 aromatic heterocycles. The van der Waals surface area contributed by atoms with Crippen LogP contribution < -0.4 is 4.90 Å². The van der Waals surface area contributed by atoms with Crippen molar-refractivity contribution < 1.29 is 9.90 Å². The molecule has 4 nitrogen and oxygen atoms in total. The first-order valence-electron chi connectivity index (χ1n) is 7.45. The van der Waals surface area contributed by atoms with Gasteiger partial charge in [-0.25, -0.2) is 0 Å². The lowest BCUT2D eigenvalue weighted by molar-refractivity contribution is -0.137. The first-order valence-corrected chi connectivity index (χ1v) is 8.25. The quantitative estimate of drug-likeness (QED) is 0.904. The molecule has 3 rings (SSSR count). The fourth-order valence-corrected chi connectivity index (χ4v) is 3.78. The molecule has 0 spiro atoms. The molecule has 0 radical (unpaired) electrons. The van der Waals surface area contributed by atoms with Crippen molar-refractivity contribution in [3.8, 4) is 0 Å². The van der Waals surface area contributed by atoms with Crippen LogP contribution >= 0.6 is 15.9 Å². The van der Waals surface area contributed by atoms with E-state index in [-0.39, 0.29) is 11.8 Å². The standard InChI is InChI=1S/C16H21BrN2O2/c1-18-6-8-19(9-7-18)14-3-2-12(10-13(14)17)16(4-5-16)11-15(20)21/h2-3,10H,4-9,11H2,1H3,(H,20,21). The minimum absolute atomic E-state index is 0.116. The molecule has 21 heavy (non-hydrogen) atoms. The third kappa shape index (κ3) is 3.09. The predicted octanol–water partition coefficient (Wildman–Crippen LogP) is 2.71. The van der Waals surface area contributed by atoms with Crippen LogP contribution in [-0.4, -0.2) is 49.2 Å². The Morgan fingerprint density at radius 3 is 2.48 bits per heavy atom. The van der Waals surface area contributed by atoms with Crippen molar-refractivity contribution >= 4 is 27.6 Å². The first-order chi connectivity index (χ1) is 10.00. The van der Waals surface area contributed by atoms with Gasteiger partial charge in [-0.1, -0.05) is 6.07 Å². The molecule has 1 heterocycles. The van der Waals surface area contributed by atoms with Gasteiger partial charge in [0.25, 0.3) is 0 Å². The number of carboxylic acids is 1. The first kappa shape index (κ1) is 14.9. The smallest absolute Gasteiger partial charge is 0.304 e. The van der Waals surface area contributed by atoms with Gasteiger partial charge >= 0.3 is 5.97 Å². The maximum absolute atomic E-state index is 11.0. The fraction of sp³-hybridized carbons (Fsp3) is 0.562. The third-order valence-electron chi connectivity index (χ3n) is 4.75. The van der Waals surface area contributed by atoms with Gasteiger partial charge in [-0.05, 0) is 53.5 Å². The molecular formula is C16H21BrN2O2. The number of rotatable bonds is 4. The second kappa shape index (κ2) is 5.61. The predicted molar refractivity (Wildman–Crippen MR) is 87.0 cm³/mol. The van der Waals surface area contributed by atoms with E-state index in [2.05, 4.69) is 51.0 Å². The molecule has 1 aliphatic carbocycles. The molecule has 1 aliphatic heterocycles. The zero-order valence-electron chi connectivity index (χ0n) is 12.3. The normalized spacial score (nSPS) is 21.3. The van der Waals surface area contributed by atoms with Crippen LogP contribution in [0.25, 0.3) is 0 Å². The average Bonchev–Trinajstić information content (AvgIpc) is 3.20. The van der Waals surface area contributed by atoms with E-state index < -0.39 is 5.97 Å². The van der Waals surface area contributed by atoms with Crippen LogP contribution in [-0.2, 0) is 10.2 Å². The molecule has 0 unspecified atom stereocenters. The van der Waals surface area contributed by atoms with E-state index in [1.165, 1.54) is 5.69 Å². The molecule has 0 atom stereocenters. The lowest BCUT2D eigenvalue weighted by Crippen LogP contribution is -2.44. The number of hydrogen-bond donors (Lipinski definition) is 1. The number of carbonyl (C=O) groups is 1. The summed E-state index contributed by atoms with van der Waals surface area (Å²) in [6, 6.07) is 6.39. The zero-order chi connectivity index (χ0) is 15.0. The Morgan fingerprint density at radius 1 is 1.29 bits per heavy atom. The van der Waals surface area contributed by atoms with Gasteiger partial charge in [0.2, 0.25) is 0 Å². The lowest BCUT2D eigenvalue weighted by atomic mass is 9.92. The number of benzene rings is 1. The van der Waals surface area contributed by atoms with Gasteiger partial charge in [0, 0.05) is 36.1 Å². The van der Waals surface area contributed by atoms with Crippen LogP contribution in [0.5, 0.6) is 0 Å². The summed E-state index contributed by atoms with van der Waals surface area (Å²) in [6.07, 6.45) is 2.21. The van der Waals surface area contributed by atoms with E-state index in [1.54, 1.807) is 0 Å². The molecule has 1 N–H and O–H groups in total. The summed E-state index contributed by atoms with van der Waals surface area (Å²) >= 11 is 3.68. The summed E-state index contributed by atoms with van der Waals surface area (Å²) in [5.74, 6) is -0.702. The van der Waals surface area contributed by atoms with Crippen LogP contribution in [0, 0.1) is 0 Å². The van der Waals surface area contributed by atoms with Gasteiger partial charge in [0.1, 0.15) is 0 Å². The maximum atomic E-state index is 11.0. The highest BCUT2D eigenvalue weighted by Gasteiger charge is 2.46. The van der Waals surface area contributed by atoms with E-state index in [0.29, 0.717) is 0 Å². The molecular weight excluding hydrogens is 332 g/mol. The molecule has 1 aromatic rings. The van der Waals surface area contributed by atoms with E-state index in [4.69, 9.17) is 5.11 Å². The number of nitrogens with zero attached hydrogens (tertiary/aromatic N) is 2. The SMILES string of the molecule is CN1CCN(c2ccc(C3(CC(=O)O)CC3)cc2Br)CC1. The van der Waals surface area contributed by atoms with Gasteiger partial charge in [0.15, 0.2) is 0 Å². The number of carboxylic acid groups (broad SMARTS) is 1. The van der Waals surface area contributed by atoms with E-state index >= 15 is 0 Å². The van der Waals surface area contributed by atoms with Crippen LogP contribution in [0.3, 0.4) is 0 Å².